The first-order valence-corrected chi connectivity index (χ1v) is 8.27. The topological polar surface area (TPSA) is 0 Å². The molecule has 2 aliphatic carbocycles. The average Bonchev–Trinajstić information content (AvgIpc) is 2.99. The molecule has 20 heavy (non-hydrogen) atoms. The maximum absolute atomic E-state index is 12.6. The van der Waals surface area contributed by atoms with Crippen LogP contribution in [0.4, 0.5) is 13.2 Å². The minimum Gasteiger partial charge on any atom is -0.166 e. The molecule has 0 saturated heterocycles. The van der Waals surface area contributed by atoms with Gasteiger partial charge in [-0.25, -0.2) is 0 Å². The van der Waals surface area contributed by atoms with Gasteiger partial charge in [0.15, 0.2) is 0 Å². The van der Waals surface area contributed by atoms with Crippen LogP contribution < -0.4 is 0 Å². The second-order valence-corrected chi connectivity index (χ2v) is 7.01. The molecule has 2 aliphatic rings. The molecular weight excluding hydrogens is 329 g/mol. The molecule has 1 aromatic carbocycles. The monoisotopic (exact) mass is 346 g/mol. The number of benzene rings is 1. The summed E-state index contributed by atoms with van der Waals surface area (Å²) in [7, 11) is 0. The summed E-state index contributed by atoms with van der Waals surface area (Å²) in [4.78, 5) is 0. The Labute approximate surface area is 125 Å². The van der Waals surface area contributed by atoms with E-state index in [-0.39, 0.29) is 5.41 Å². The van der Waals surface area contributed by atoms with E-state index >= 15 is 0 Å². The summed E-state index contributed by atoms with van der Waals surface area (Å²) in [6.07, 6.45) is 1.83. The van der Waals surface area contributed by atoms with E-state index in [0.717, 1.165) is 29.2 Å². The number of alkyl halides is 4. The van der Waals surface area contributed by atoms with Gasteiger partial charge >= 0.3 is 6.18 Å². The second-order valence-electron chi connectivity index (χ2n) is 6.45. The Kier molecular flexibility index (Phi) is 3.64. The van der Waals surface area contributed by atoms with Crippen LogP contribution in [-0.4, -0.2) is 5.33 Å². The molecule has 0 nitrogen and oxygen atoms in total. The largest absolute Gasteiger partial charge is 0.416 e. The number of hydrogen-bond acceptors (Lipinski definition) is 0. The number of hydrogen-bond donors (Lipinski definition) is 0. The minimum atomic E-state index is -4.24. The third-order valence-electron chi connectivity index (χ3n) is 5.21. The van der Waals surface area contributed by atoms with Crippen molar-refractivity contribution in [2.45, 2.75) is 38.3 Å². The Hall–Kier alpha value is -0.510. The van der Waals surface area contributed by atoms with Gasteiger partial charge in [0, 0.05) is 5.33 Å². The van der Waals surface area contributed by atoms with Gasteiger partial charge in [-0.2, -0.15) is 13.2 Å². The molecule has 2 fully saturated rings. The van der Waals surface area contributed by atoms with Crippen LogP contribution in [0, 0.1) is 17.3 Å². The van der Waals surface area contributed by atoms with Gasteiger partial charge in [-0.15, -0.1) is 0 Å². The van der Waals surface area contributed by atoms with Gasteiger partial charge in [0.1, 0.15) is 0 Å². The fourth-order valence-electron chi connectivity index (χ4n) is 4.20. The zero-order valence-electron chi connectivity index (χ0n) is 11.2. The molecule has 0 amide bonds. The lowest BCUT2D eigenvalue weighted by molar-refractivity contribution is -0.137. The van der Waals surface area contributed by atoms with Gasteiger partial charge in [-0.3, -0.25) is 0 Å². The van der Waals surface area contributed by atoms with Crippen molar-refractivity contribution in [3.05, 3.63) is 35.4 Å². The normalized spacial score (nSPS) is 32.8. The highest BCUT2D eigenvalue weighted by Crippen LogP contribution is 2.58. The molecule has 0 N–H and O–H groups in total. The lowest BCUT2D eigenvalue weighted by Crippen LogP contribution is -2.32. The number of fused-ring (bicyclic) bond motifs is 2. The molecule has 0 aliphatic heterocycles. The lowest BCUT2D eigenvalue weighted by Gasteiger charge is -2.36. The maximum Gasteiger partial charge on any atom is 0.416 e. The summed E-state index contributed by atoms with van der Waals surface area (Å²) < 4.78 is 37.7. The van der Waals surface area contributed by atoms with Gasteiger partial charge in [0.2, 0.25) is 0 Å². The van der Waals surface area contributed by atoms with E-state index in [9.17, 15) is 13.2 Å². The molecular formula is C16H18BrF3. The van der Waals surface area contributed by atoms with E-state index in [1.807, 2.05) is 0 Å². The van der Waals surface area contributed by atoms with Crippen molar-refractivity contribution < 1.29 is 13.2 Å². The van der Waals surface area contributed by atoms with Crippen LogP contribution in [0.3, 0.4) is 0 Å². The molecule has 0 heterocycles. The van der Waals surface area contributed by atoms with Crippen molar-refractivity contribution in [1.82, 2.24) is 0 Å². The van der Waals surface area contributed by atoms with Crippen LogP contribution >= 0.6 is 15.9 Å². The first-order chi connectivity index (χ1) is 9.43. The highest BCUT2D eigenvalue weighted by Gasteiger charge is 2.49. The third-order valence-corrected chi connectivity index (χ3v) is 6.32. The summed E-state index contributed by atoms with van der Waals surface area (Å²) in [5.41, 5.74) is 0.745. The van der Waals surface area contributed by atoms with Crippen molar-refractivity contribution in [3.63, 3.8) is 0 Å². The summed E-state index contributed by atoms with van der Waals surface area (Å²) in [5, 5.41) is 0.961. The predicted octanol–water partition coefficient (Wildman–Crippen LogP) is 5.45. The van der Waals surface area contributed by atoms with Crippen LogP contribution in [-0.2, 0) is 12.6 Å². The van der Waals surface area contributed by atoms with Gasteiger partial charge in [0.05, 0.1) is 5.56 Å². The Bertz CT molecular complexity index is 479. The Morgan fingerprint density at radius 2 is 1.85 bits per heavy atom. The van der Waals surface area contributed by atoms with Gasteiger partial charge in [-0.1, -0.05) is 34.5 Å². The number of rotatable bonds is 3. The summed E-state index contributed by atoms with van der Waals surface area (Å²) in [6, 6.07) is 5.73. The molecule has 2 saturated carbocycles. The van der Waals surface area contributed by atoms with Gasteiger partial charge in [-0.05, 0) is 60.6 Å². The first-order valence-electron chi connectivity index (χ1n) is 7.15. The maximum atomic E-state index is 12.6. The SMILES string of the molecule is FC(F)(F)c1ccc(CC2(CBr)CC3CCC2C3)cc1. The fraction of sp³-hybridized carbons (Fsp3) is 0.625. The highest BCUT2D eigenvalue weighted by molar-refractivity contribution is 9.09. The molecule has 3 atom stereocenters. The van der Waals surface area contributed by atoms with Crippen LogP contribution in [0.25, 0.3) is 0 Å². The quantitative estimate of drug-likeness (QED) is 0.638. The highest BCUT2D eigenvalue weighted by atomic mass is 79.9. The zero-order valence-corrected chi connectivity index (χ0v) is 12.8. The van der Waals surface area contributed by atoms with Crippen molar-refractivity contribution >= 4 is 15.9 Å². The predicted molar refractivity (Wildman–Crippen MR) is 76.8 cm³/mol. The van der Waals surface area contributed by atoms with E-state index < -0.39 is 11.7 Å². The number of halogens is 4. The summed E-state index contributed by atoms with van der Waals surface area (Å²) in [5.74, 6) is 1.58. The zero-order chi connectivity index (χ0) is 14.4. The Morgan fingerprint density at radius 3 is 2.30 bits per heavy atom. The van der Waals surface area contributed by atoms with Crippen molar-refractivity contribution in [1.29, 1.82) is 0 Å². The summed E-state index contributed by atoms with van der Waals surface area (Å²) >= 11 is 3.66. The molecule has 0 spiro atoms. The molecule has 0 aromatic heterocycles. The van der Waals surface area contributed by atoms with E-state index in [1.165, 1.54) is 37.8 Å². The van der Waals surface area contributed by atoms with E-state index in [2.05, 4.69) is 15.9 Å². The van der Waals surface area contributed by atoms with Gasteiger partial charge in [0.25, 0.3) is 0 Å². The molecule has 3 rings (SSSR count). The minimum absolute atomic E-state index is 0.267. The third kappa shape index (κ3) is 2.51. The molecule has 110 valence electrons. The van der Waals surface area contributed by atoms with Crippen LogP contribution in [0.15, 0.2) is 24.3 Å². The standard InChI is InChI=1S/C16H18BrF3/c17-10-15(9-12-3-6-14(15)7-12)8-11-1-4-13(5-2-11)16(18,19)20/h1-2,4-5,12,14H,3,6-10H2. The lowest BCUT2D eigenvalue weighted by atomic mass is 9.71. The average molecular weight is 347 g/mol. The smallest absolute Gasteiger partial charge is 0.166 e. The Morgan fingerprint density at radius 1 is 1.15 bits per heavy atom. The van der Waals surface area contributed by atoms with Crippen LogP contribution in [0.2, 0.25) is 0 Å². The Balaban J connectivity index is 1.77. The van der Waals surface area contributed by atoms with Crippen molar-refractivity contribution in [2.75, 3.05) is 5.33 Å². The van der Waals surface area contributed by atoms with E-state index in [1.54, 1.807) is 12.1 Å². The van der Waals surface area contributed by atoms with Crippen molar-refractivity contribution in [3.8, 4) is 0 Å². The second kappa shape index (κ2) is 5.04. The molecule has 4 heteroatoms. The van der Waals surface area contributed by atoms with Crippen LogP contribution in [0.1, 0.15) is 36.8 Å². The first kappa shape index (κ1) is 14.4. The molecule has 1 aromatic rings. The van der Waals surface area contributed by atoms with Crippen LogP contribution in [0.5, 0.6) is 0 Å². The van der Waals surface area contributed by atoms with E-state index in [4.69, 9.17) is 0 Å². The molecule has 0 radical (unpaired) electrons. The van der Waals surface area contributed by atoms with Gasteiger partial charge < -0.3 is 0 Å². The summed E-state index contributed by atoms with van der Waals surface area (Å²) in [6.45, 7) is 0. The molecule has 3 unspecified atom stereocenters. The van der Waals surface area contributed by atoms with Crippen molar-refractivity contribution in [2.24, 2.45) is 17.3 Å². The molecule has 2 bridgehead atoms. The van der Waals surface area contributed by atoms with E-state index in [0.29, 0.717) is 0 Å². The fourth-order valence-corrected chi connectivity index (χ4v) is 5.09.